The van der Waals surface area contributed by atoms with Crippen molar-refractivity contribution in [3.8, 4) is 0 Å². The van der Waals surface area contributed by atoms with Gasteiger partial charge in [-0.3, -0.25) is 19.3 Å². The fraction of sp³-hybridized carbons (Fsp3) is 0.550. The van der Waals surface area contributed by atoms with Gasteiger partial charge in [-0.05, 0) is 50.4 Å². The lowest BCUT2D eigenvalue weighted by Crippen LogP contribution is -2.51. The number of nitrogens with one attached hydrogen (secondary N) is 3. The number of hydrogen-bond donors (Lipinski definition) is 3. The molecule has 144 valence electrons. The first-order valence-electron chi connectivity index (χ1n) is 9.91. The van der Waals surface area contributed by atoms with E-state index in [1.165, 1.54) is 32.1 Å². The second-order valence-corrected chi connectivity index (χ2v) is 7.77. The lowest BCUT2D eigenvalue weighted by molar-refractivity contribution is 0.0836. The summed E-state index contributed by atoms with van der Waals surface area (Å²) in [5.41, 5.74) is 0.0529. The number of hydrogen-bond acceptors (Lipinski definition) is 4. The third-order valence-corrected chi connectivity index (χ3v) is 5.86. The molecule has 0 bridgehead atoms. The average Bonchev–Trinajstić information content (AvgIpc) is 2.69. The van der Waals surface area contributed by atoms with E-state index in [-0.39, 0.29) is 11.9 Å². The molecule has 2 aromatic rings. The highest BCUT2D eigenvalue weighted by molar-refractivity contribution is 5.97. The van der Waals surface area contributed by atoms with Gasteiger partial charge in [-0.2, -0.15) is 0 Å². The SMILES string of the molecule is O=C(N[C@@H]1CCCN(C2CCCCC2)C1)c1ccc2[nH]c(=O)c(=O)[nH]c2c1. The van der Waals surface area contributed by atoms with Crippen molar-refractivity contribution in [3.05, 3.63) is 44.5 Å². The molecular weight excluding hydrogens is 344 g/mol. The summed E-state index contributed by atoms with van der Waals surface area (Å²) in [5, 5.41) is 3.15. The Morgan fingerprint density at radius 1 is 0.963 bits per heavy atom. The number of carbonyl (C=O) groups is 1. The second kappa shape index (κ2) is 7.68. The van der Waals surface area contributed by atoms with E-state index in [1.807, 2.05) is 0 Å². The molecule has 2 heterocycles. The monoisotopic (exact) mass is 370 g/mol. The molecule has 1 aliphatic carbocycles. The molecular formula is C20H26N4O3. The molecule has 4 rings (SSSR count). The Morgan fingerprint density at radius 2 is 1.70 bits per heavy atom. The number of benzene rings is 1. The molecule has 0 unspecified atom stereocenters. The molecule has 0 radical (unpaired) electrons. The summed E-state index contributed by atoms with van der Waals surface area (Å²) >= 11 is 0. The van der Waals surface area contributed by atoms with Crippen LogP contribution in [0.5, 0.6) is 0 Å². The Balaban J connectivity index is 1.45. The average molecular weight is 370 g/mol. The van der Waals surface area contributed by atoms with Gasteiger partial charge < -0.3 is 15.3 Å². The Morgan fingerprint density at radius 3 is 2.48 bits per heavy atom. The Labute approximate surface area is 157 Å². The molecule has 7 heteroatoms. The van der Waals surface area contributed by atoms with Gasteiger partial charge in [0.05, 0.1) is 11.0 Å². The van der Waals surface area contributed by atoms with Crippen molar-refractivity contribution in [2.24, 2.45) is 0 Å². The van der Waals surface area contributed by atoms with Crippen molar-refractivity contribution in [3.63, 3.8) is 0 Å². The number of aromatic nitrogens is 2. The van der Waals surface area contributed by atoms with Gasteiger partial charge in [0, 0.05) is 24.2 Å². The lowest BCUT2D eigenvalue weighted by Gasteiger charge is -2.40. The van der Waals surface area contributed by atoms with Gasteiger partial charge >= 0.3 is 11.1 Å². The normalized spacial score (nSPS) is 22.0. The summed E-state index contributed by atoms with van der Waals surface area (Å²) in [6, 6.07) is 5.76. The van der Waals surface area contributed by atoms with Crippen LogP contribution < -0.4 is 16.4 Å². The zero-order valence-electron chi connectivity index (χ0n) is 15.4. The van der Waals surface area contributed by atoms with E-state index in [4.69, 9.17) is 0 Å². The highest BCUT2D eigenvalue weighted by Gasteiger charge is 2.27. The van der Waals surface area contributed by atoms with Crippen LogP contribution >= 0.6 is 0 Å². The lowest BCUT2D eigenvalue weighted by atomic mass is 9.92. The first-order valence-corrected chi connectivity index (χ1v) is 9.91. The van der Waals surface area contributed by atoms with Crippen molar-refractivity contribution < 1.29 is 4.79 Å². The summed E-state index contributed by atoms with van der Waals surface area (Å²) in [6.45, 7) is 2.04. The van der Waals surface area contributed by atoms with Crippen LogP contribution in [0.2, 0.25) is 0 Å². The number of aromatic amines is 2. The molecule has 0 spiro atoms. The van der Waals surface area contributed by atoms with Crippen LogP contribution in [0.4, 0.5) is 0 Å². The number of rotatable bonds is 3. The van der Waals surface area contributed by atoms with E-state index in [0.717, 1.165) is 25.9 Å². The van der Waals surface area contributed by atoms with Crippen LogP contribution in [0.25, 0.3) is 11.0 Å². The molecule has 1 saturated carbocycles. The smallest absolute Gasteiger partial charge is 0.314 e. The maximum Gasteiger partial charge on any atom is 0.314 e. The predicted molar refractivity (Wildman–Crippen MR) is 104 cm³/mol. The van der Waals surface area contributed by atoms with Gasteiger partial charge in [0.1, 0.15) is 0 Å². The molecule has 3 N–H and O–H groups in total. The highest BCUT2D eigenvalue weighted by Crippen LogP contribution is 2.25. The molecule has 1 saturated heterocycles. The number of piperidine rings is 1. The van der Waals surface area contributed by atoms with Crippen molar-refractivity contribution >= 4 is 16.9 Å². The van der Waals surface area contributed by atoms with Gasteiger partial charge in [-0.15, -0.1) is 0 Å². The van der Waals surface area contributed by atoms with Crippen LogP contribution in [-0.2, 0) is 0 Å². The van der Waals surface area contributed by atoms with Crippen molar-refractivity contribution in [2.75, 3.05) is 13.1 Å². The molecule has 1 atom stereocenters. The summed E-state index contributed by atoms with van der Waals surface area (Å²) < 4.78 is 0. The standard InChI is InChI=1S/C20H26N4O3/c25-18(13-8-9-16-17(11-13)23-20(27)19(26)22-16)21-14-5-4-10-24(12-14)15-6-2-1-3-7-15/h8-9,11,14-15H,1-7,10,12H2,(H,21,25)(H,22,26)(H,23,27)/t14-/m1/s1. The van der Waals surface area contributed by atoms with Gasteiger partial charge in [0.25, 0.3) is 5.91 Å². The van der Waals surface area contributed by atoms with Crippen LogP contribution in [0.3, 0.4) is 0 Å². The zero-order valence-corrected chi connectivity index (χ0v) is 15.4. The van der Waals surface area contributed by atoms with Gasteiger partial charge in [-0.1, -0.05) is 19.3 Å². The molecule has 2 fully saturated rings. The third-order valence-electron chi connectivity index (χ3n) is 5.86. The fourth-order valence-corrected chi connectivity index (χ4v) is 4.43. The number of H-pyrrole nitrogens is 2. The quantitative estimate of drug-likeness (QED) is 0.717. The molecule has 7 nitrogen and oxygen atoms in total. The molecule has 1 aromatic carbocycles. The number of amides is 1. The number of nitrogens with zero attached hydrogens (tertiary/aromatic N) is 1. The first-order chi connectivity index (χ1) is 13.1. The number of carbonyl (C=O) groups excluding carboxylic acids is 1. The molecule has 2 aliphatic rings. The Hall–Kier alpha value is -2.41. The largest absolute Gasteiger partial charge is 0.348 e. The summed E-state index contributed by atoms with van der Waals surface area (Å²) in [5.74, 6) is -0.139. The van der Waals surface area contributed by atoms with Crippen LogP contribution in [0, 0.1) is 0 Å². The maximum atomic E-state index is 12.7. The predicted octanol–water partition coefficient (Wildman–Crippen LogP) is 1.74. The molecule has 27 heavy (non-hydrogen) atoms. The fourth-order valence-electron chi connectivity index (χ4n) is 4.43. The highest BCUT2D eigenvalue weighted by atomic mass is 16.2. The van der Waals surface area contributed by atoms with E-state index in [0.29, 0.717) is 22.6 Å². The van der Waals surface area contributed by atoms with E-state index >= 15 is 0 Å². The van der Waals surface area contributed by atoms with E-state index in [9.17, 15) is 14.4 Å². The van der Waals surface area contributed by atoms with Gasteiger partial charge in [-0.25, -0.2) is 0 Å². The zero-order chi connectivity index (χ0) is 18.8. The van der Waals surface area contributed by atoms with Crippen molar-refractivity contribution in [1.29, 1.82) is 0 Å². The van der Waals surface area contributed by atoms with Crippen molar-refractivity contribution in [2.45, 2.75) is 57.0 Å². The Kier molecular flexibility index (Phi) is 5.11. The van der Waals surface area contributed by atoms with Crippen LogP contribution in [0.15, 0.2) is 27.8 Å². The van der Waals surface area contributed by atoms with Crippen LogP contribution in [-0.4, -0.2) is 45.9 Å². The molecule has 1 amide bonds. The number of fused-ring (bicyclic) bond motifs is 1. The second-order valence-electron chi connectivity index (χ2n) is 7.77. The van der Waals surface area contributed by atoms with E-state index in [2.05, 4.69) is 20.2 Å². The molecule has 1 aromatic heterocycles. The maximum absolute atomic E-state index is 12.7. The minimum atomic E-state index is -0.713. The first kappa shape index (κ1) is 18.0. The van der Waals surface area contributed by atoms with Gasteiger partial charge in [0.2, 0.25) is 0 Å². The minimum absolute atomic E-state index is 0.139. The Bertz CT molecular complexity index is 942. The van der Waals surface area contributed by atoms with Gasteiger partial charge in [0.15, 0.2) is 0 Å². The van der Waals surface area contributed by atoms with E-state index < -0.39 is 11.1 Å². The summed E-state index contributed by atoms with van der Waals surface area (Å²) in [6.07, 6.45) is 8.62. The van der Waals surface area contributed by atoms with E-state index in [1.54, 1.807) is 18.2 Å². The van der Waals surface area contributed by atoms with Crippen molar-refractivity contribution in [1.82, 2.24) is 20.2 Å². The topological polar surface area (TPSA) is 98.1 Å². The third kappa shape index (κ3) is 3.98. The minimum Gasteiger partial charge on any atom is -0.348 e. The summed E-state index contributed by atoms with van der Waals surface area (Å²) in [7, 11) is 0. The van der Waals surface area contributed by atoms with Crippen LogP contribution in [0.1, 0.15) is 55.3 Å². The molecule has 1 aliphatic heterocycles. The summed E-state index contributed by atoms with van der Waals surface area (Å²) in [4.78, 5) is 43.2. The number of likely N-dealkylation sites (tertiary alicyclic amines) is 1.